The minimum absolute atomic E-state index is 0.0534. The predicted molar refractivity (Wildman–Crippen MR) is 141 cm³/mol. The Morgan fingerprint density at radius 3 is 2.69 bits per heavy atom. The van der Waals surface area contributed by atoms with Gasteiger partial charge in [0.25, 0.3) is 8.53 Å². The quantitative estimate of drug-likeness (QED) is 0.227. The molecule has 0 aromatic carbocycles. The molecule has 10 heteroatoms. The third-order valence-corrected chi connectivity index (χ3v) is 8.39. The molecule has 3 heterocycles. The number of morpholine rings is 1. The summed E-state index contributed by atoms with van der Waals surface area (Å²) in [6, 6.07) is 0.698. The van der Waals surface area contributed by atoms with Gasteiger partial charge < -0.3 is 18.6 Å². The predicted octanol–water partition coefficient (Wildman–Crippen LogP) is 5.39. The van der Waals surface area contributed by atoms with Crippen LogP contribution in [0, 0.1) is 6.57 Å². The summed E-state index contributed by atoms with van der Waals surface area (Å²) in [4.78, 5) is 15.1. The normalized spacial score (nSPS) is 26.4. The summed E-state index contributed by atoms with van der Waals surface area (Å²) in [5, 5.41) is 0. The number of aliphatic imine (C=N–C) groups is 1. The van der Waals surface area contributed by atoms with Crippen molar-refractivity contribution >= 4 is 20.6 Å². The first-order valence-corrected chi connectivity index (χ1v) is 13.7. The van der Waals surface area contributed by atoms with Crippen molar-refractivity contribution in [1.29, 1.82) is 0 Å². The van der Waals surface area contributed by atoms with Gasteiger partial charge >= 0.3 is 0 Å². The van der Waals surface area contributed by atoms with Crippen molar-refractivity contribution < 1.29 is 15.2 Å². The molecule has 196 valence electrons. The number of ether oxygens (including phenoxy) is 1. The molecule has 3 rings (SSSR count). The van der Waals surface area contributed by atoms with Crippen LogP contribution >= 0.6 is 8.53 Å². The molecule has 0 aliphatic carbocycles. The van der Waals surface area contributed by atoms with Crippen molar-refractivity contribution in [2.75, 3.05) is 32.8 Å². The minimum Gasteiger partial charge on any atom is -0.347 e. The van der Waals surface area contributed by atoms with E-state index in [4.69, 9.17) is 21.7 Å². The Balaban J connectivity index is 1.86. The van der Waals surface area contributed by atoms with E-state index in [1.165, 1.54) is 0 Å². The lowest BCUT2D eigenvalue weighted by molar-refractivity contribution is -0.192. The standard InChI is InChI=1S/C25H43N6O3P/c1-18(2)29-14-22(30-17-28-23-21(7)10-11-27-24(23)30)34-25(8,15-29)16-33-35(32-13-12-26-9)31(19(3)4)20(5)6/h11,17-22H,10,12-16H2,1-8H3/t21?,22-,25+,35?/m1/s1/i8D. The molecule has 1 saturated heterocycles. The minimum atomic E-state index is -1.41. The van der Waals surface area contributed by atoms with E-state index in [2.05, 4.69) is 72.9 Å². The van der Waals surface area contributed by atoms with Crippen LogP contribution < -0.4 is 0 Å². The maximum absolute atomic E-state index is 8.53. The number of imidazole rings is 1. The van der Waals surface area contributed by atoms with Crippen LogP contribution in [0.25, 0.3) is 4.85 Å². The summed E-state index contributed by atoms with van der Waals surface area (Å²) in [5.41, 5.74) is 0.161. The van der Waals surface area contributed by atoms with Gasteiger partial charge in [0.05, 0.1) is 18.6 Å². The zero-order valence-corrected chi connectivity index (χ0v) is 23.2. The fourth-order valence-electron chi connectivity index (χ4n) is 4.57. The van der Waals surface area contributed by atoms with Gasteiger partial charge in [-0.1, -0.05) is 6.92 Å². The summed E-state index contributed by atoms with van der Waals surface area (Å²) in [7, 11) is -1.41. The van der Waals surface area contributed by atoms with Crippen molar-refractivity contribution in [3.05, 3.63) is 23.4 Å². The van der Waals surface area contributed by atoms with Crippen molar-refractivity contribution in [3.8, 4) is 0 Å². The van der Waals surface area contributed by atoms with Gasteiger partial charge in [-0.05, 0) is 54.9 Å². The maximum Gasteiger partial charge on any atom is 0.259 e. The average molecular weight is 508 g/mol. The van der Waals surface area contributed by atoms with Crippen LogP contribution in [-0.4, -0.2) is 81.9 Å². The highest BCUT2D eigenvalue weighted by Crippen LogP contribution is 2.47. The van der Waals surface area contributed by atoms with Crippen LogP contribution in [0.2, 0.25) is 0 Å². The molecule has 4 atom stereocenters. The van der Waals surface area contributed by atoms with Gasteiger partial charge in [-0.25, -0.2) is 21.2 Å². The second-order valence-corrected chi connectivity index (χ2v) is 11.8. The third-order valence-electron chi connectivity index (χ3n) is 6.33. The maximum atomic E-state index is 8.53. The lowest BCUT2D eigenvalue weighted by Crippen LogP contribution is -2.56. The van der Waals surface area contributed by atoms with E-state index in [0.29, 0.717) is 32.2 Å². The Morgan fingerprint density at radius 2 is 2.06 bits per heavy atom. The molecule has 0 amide bonds. The summed E-state index contributed by atoms with van der Waals surface area (Å²) in [6.07, 6.45) is 4.34. The third kappa shape index (κ3) is 6.88. The Morgan fingerprint density at radius 1 is 1.31 bits per heavy atom. The largest absolute Gasteiger partial charge is 0.347 e. The Hall–Kier alpha value is -1.40. The Labute approximate surface area is 214 Å². The lowest BCUT2D eigenvalue weighted by atomic mass is 10.0. The van der Waals surface area contributed by atoms with E-state index in [1.54, 1.807) is 0 Å². The molecule has 0 saturated carbocycles. The van der Waals surface area contributed by atoms with E-state index in [-0.39, 0.29) is 37.9 Å². The average Bonchev–Trinajstić information content (AvgIpc) is 3.27. The summed E-state index contributed by atoms with van der Waals surface area (Å²) in [6.45, 7) is 24.3. The molecule has 2 aliphatic heterocycles. The van der Waals surface area contributed by atoms with Crippen molar-refractivity contribution in [1.82, 2.24) is 19.1 Å². The first kappa shape index (κ1) is 26.7. The van der Waals surface area contributed by atoms with Gasteiger partial charge in [0, 0.05) is 44.7 Å². The highest BCUT2D eigenvalue weighted by molar-refractivity contribution is 7.44. The molecule has 1 aromatic heterocycles. The van der Waals surface area contributed by atoms with Gasteiger partial charge in [-0.15, -0.1) is 0 Å². The van der Waals surface area contributed by atoms with E-state index >= 15 is 0 Å². The van der Waals surface area contributed by atoms with Crippen molar-refractivity contribution in [2.24, 2.45) is 4.99 Å². The Bertz CT molecular complexity index is 912. The van der Waals surface area contributed by atoms with Crippen LogP contribution in [0.5, 0.6) is 0 Å². The van der Waals surface area contributed by atoms with Crippen LogP contribution in [-0.2, 0) is 13.8 Å². The number of hydrogen-bond donors (Lipinski definition) is 0. The number of fused-ring (bicyclic) bond motifs is 1. The molecule has 35 heavy (non-hydrogen) atoms. The SMILES string of the molecule is [2H]C[C@@]1(COP(OCC[N+]#[C-])N(C(C)C)C(C)C)CN(C(C)C)C[C@H](n2cnc3c2N=CCC3C)O1. The molecule has 0 N–H and O–H groups in total. The van der Waals surface area contributed by atoms with Gasteiger partial charge in [-0.2, -0.15) is 0 Å². The molecule has 0 spiro atoms. The monoisotopic (exact) mass is 507 g/mol. The van der Waals surface area contributed by atoms with Crippen LogP contribution in [0.4, 0.5) is 5.82 Å². The fraction of sp³-hybridized carbons (Fsp3) is 0.800. The van der Waals surface area contributed by atoms with Crippen LogP contribution in [0.1, 0.15) is 81.0 Å². The Kier molecular flexibility index (Phi) is 9.31. The molecule has 2 aliphatic rings. The van der Waals surface area contributed by atoms with Crippen LogP contribution in [0.15, 0.2) is 11.3 Å². The van der Waals surface area contributed by atoms with Gasteiger partial charge in [0.1, 0.15) is 18.4 Å². The highest BCUT2D eigenvalue weighted by atomic mass is 31.2. The van der Waals surface area contributed by atoms with E-state index in [1.807, 2.05) is 17.1 Å². The molecule has 0 radical (unpaired) electrons. The van der Waals surface area contributed by atoms with Gasteiger partial charge in [0.15, 0.2) is 5.82 Å². The van der Waals surface area contributed by atoms with Gasteiger partial charge in [-0.3, -0.25) is 9.47 Å². The lowest BCUT2D eigenvalue weighted by Gasteiger charge is -2.47. The van der Waals surface area contributed by atoms with E-state index in [0.717, 1.165) is 17.9 Å². The van der Waals surface area contributed by atoms with Gasteiger partial charge in [0.2, 0.25) is 6.54 Å². The fourth-order valence-corrected chi connectivity index (χ4v) is 6.25. The first-order chi connectivity index (χ1) is 17.1. The number of nitrogens with zero attached hydrogens (tertiary/aromatic N) is 6. The zero-order chi connectivity index (χ0) is 26.5. The smallest absolute Gasteiger partial charge is 0.259 e. The summed E-state index contributed by atoms with van der Waals surface area (Å²) < 4.78 is 32.0. The summed E-state index contributed by atoms with van der Waals surface area (Å²) in [5.74, 6) is 1.17. The number of hydrogen-bond acceptors (Lipinski definition) is 7. The second kappa shape index (κ2) is 12.2. The zero-order valence-electron chi connectivity index (χ0n) is 23.3. The first-order valence-electron chi connectivity index (χ1n) is 13.3. The van der Waals surface area contributed by atoms with Crippen molar-refractivity contribution in [2.45, 2.75) is 97.7 Å². The number of aromatic nitrogens is 2. The molecule has 1 aromatic rings. The number of rotatable bonds is 11. The topological polar surface area (TPSA) is 68.7 Å². The van der Waals surface area contributed by atoms with E-state index < -0.39 is 14.1 Å². The molecule has 0 bridgehead atoms. The molecular formula is C25H43N6O3P. The molecule has 9 nitrogen and oxygen atoms in total. The molecule has 1 fully saturated rings. The van der Waals surface area contributed by atoms with Crippen molar-refractivity contribution in [3.63, 3.8) is 0 Å². The van der Waals surface area contributed by atoms with Crippen LogP contribution in [0.3, 0.4) is 0 Å². The highest BCUT2D eigenvalue weighted by Gasteiger charge is 2.41. The second-order valence-electron chi connectivity index (χ2n) is 10.4. The van der Waals surface area contributed by atoms with E-state index in [9.17, 15) is 0 Å². The summed E-state index contributed by atoms with van der Waals surface area (Å²) >= 11 is 0. The molecular weight excluding hydrogens is 463 g/mol. The molecule has 2 unspecified atom stereocenters.